The van der Waals surface area contributed by atoms with Crippen LogP contribution >= 0.6 is 11.8 Å². The summed E-state index contributed by atoms with van der Waals surface area (Å²) in [5.74, 6) is 1.88. The Bertz CT molecular complexity index is 491. The van der Waals surface area contributed by atoms with Gasteiger partial charge in [0, 0.05) is 21.7 Å². The zero-order chi connectivity index (χ0) is 11.5. The van der Waals surface area contributed by atoms with Gasteiger partial charge in [-0.2, -0.15) is 0 Å². The number of hydrogen-bond acceptors (Lipinski definition) is 2. The van der Waals surface area contributed by atoms with E-state index >= 15 is 0 Å². The molecule has 1 aromatic heterocycles. The Morgan fingerprint density at radius 3 is 2.75 bits per heavy atom. The molecule has 0 aliphatic carbocycles. The van der Waals surface area contributed by atoms with Crippen LogP contribution in [0.3, 0.4) is 0 Å². The molecule has 0 aliphatic rings. The maximum atomic E-state index is 4.55. The van der Waals surface area contributed by atoms with E-state index in [0.29, 0.717) is 0 Å². The highest BCUT2D eigenvalue weighted by molar-refractivity contribution is 7.99. The fraction of sp³-hybridized carbons (Fsp3) is 0.357. The molecule has 0 amide bonds. The average Bonchev–Trinajstić information content (AvgIpc) is 2.25. The largest absolute Gasteiger partial charge is 0.253 e. The second-order valence-corrected chi connectivity index (χ2v) is 5.55. The molecular weight excluding hydrogens is 214 g/mol. The third-order valence-corrected chi connectivity index (χ3v) is 3.86. The fourth-order valence-corrected chi connectivity index (χ4v) is 2.74. The van der Waals surface area contributed by atoms with Gasteiger partial charge in [-0.1, -0.05) is 32.0 Å². The van der Waals surface area contributed by atoms with E-state index in [1.54, 1.807) is 0 Å². The highest BCUT2D eigenvalue weighted by Gasteiger charge is 2.04. The summed E-state index contributed by atoms with van der Waals surface area (Å²) in [5.41, 5.74) is 2.21. The molecule has 0 N–H and O–H groups in total. The van der Waals surface area contributed by atoms with Gasteiger partial charge in [0.05, 0.1) is 5.52 Å². The Labute approximate surface area is 101 Å². The molecule has 0 aliphatic heterocycles. The van der Waals surface area contributed by atoms with Crippen molar-refractivity contribution in [3.63, 3.8) is 0 Å². The maximum Gasteiger partial charge on any atom is 0.0716 e. The number of benzene rings is 1. The predicted molar refractivity (Wildman–Crippen MR) is 72.0 cm³/mol. The van der Waals surface area contributed by atoms with Gasteiger partial charge in [-0.05, 0) is 25.0 Å². The summed E-state index contributed by atoms with van der Waals surface area (Å²) in [7, 11) is 0. The molecule has 16 heavy (non-hydrogen) atoms. The molecule has 84 valence electrons. The minimum atomic E-state index is 0.720. The van der Waals surface area contributed by atoms with Crippen LogP contribution in [0.25, 0.3) is 10.9 Å². The Kier molecular flexibility index (Phi) is 3.49. The summed E-state index contributed by atoms with van der Waals surface area (Å²) >= 11 is 1.93. The lowest BCUT2D eigenvalue weighted by Crippen LogP contribution is -1.92. The van der Waals surface area contributed by atoms with E-state index in [1.165, 1.54) is 10.3 Å². The van der Waals surface area contributed by atoms with E-state index in [-0.39, 0.29) is 0 Å². The van der Waals surface area contributed by atoms with Gasteiger partial charge < -0.3 is 0 Å². The number of fused-ring (bicyclic) bond motifs is 1. The zero-order valence-corrected chi connectivity index (χ0v) is 10.8. The molecule has 0 saturated carbocycles. The molecule has 1 aromatic carbocycles. The van der Waals surface area contributed by atoms with Crippen molar-refractivity contribution < 1.29 is 0 Å². The van der Waals surface area contributed by atoms with Crippen molar-refractivity contribution in [1.29, 1.82) is 0 Å². The predicted octanol–water partition coefficient (Wildman–Crippen LogP) is 4.29. The first kappa shape index (κ1) is 11.5. The van der Waals surface area contributed by atoms with Crippen LogP contribution in [0.4, 0.5) is 0 Å². The second kappa shape index (κ2) is 4.88. The molecule has 2 rings (SSSR count). The Morgan fingerprint density at radius 1 is 1.25 bits per heavy atom. The molecular formula is C14H17NS. The van der Waals surface area contributed by atoms with Crippen LogP contribution in [0.15, 0.2) is 35.2 Å². The van der Waals surface area contributed by atoms with E-state index in [9.17, 15) is 0 Å². The third-order valence-electron chi connectivity index (χ3n) is 2.38. The number of rotatable bonds is 3. The van der Waals surface area contributed by atoms with E-state index in [4.69, 9.17) is 0 Å². The molecule has 0 unspecified atom stereocenters. The molecule has 0 saturated heterocycles. The average molecular weight is 231 g/mol. The summed E-state index contributed by atoms with van der Waals surface area (Å²) in [6.45, 7) is 6.57. The van der Waals surface area contributed by atoms with Crippen LogP contribution in [-0.2, 0) is 0 Å². The molecule has 0 spiro atoms. The van der Waals surface area contributed by atoms with Gasteiger partial charge in [-0.15, -0.1) is 11.8 Å². The molecule has 1 heterocycles. The zero-order valence-electron chi connectivity index (χ0n) is 10.0. The van der Waals surface area contributed by atoms with Crippen molar-refractivity contribution in [3.8, 4) is 0 Å². The molecule has 0 atom stereocenters. The summed E-state index contributed by atoms with van der Waals surface area (Å²) in [5, 5.41) is 1.28. The smallest absolute Gasteiger partial charge is 0.0716 e. The summed E-state index contributed by atoms with van der Waals surface area (Å²) in [4.78, 5) is 5.91. The first-order valence-corrected chi connectivity index (χ1v) is 6.64. The van der Waals surface area contributed by atoms with E-state index in [1.807, 2.05) is 17.8 Å². The molecule has 1 nitrogen and oxygen atoms in total. The van der Waals surface area contributed by atoms with Crippen LogP contribution < -0.4 is 0 Å². The van der Waals surface area contributed by atoms with Crippen LogP contribution in [0, 0.1) is 12.8 Å². The normalized spacial score (nSPS) is 11.2. The van der Waals surface area contributed by atoms with E-state index in [2.05, 4.69) is 50.0 Å². The van der Waals surface area contributed by atoms with Gasteiger partial charge in [0.15, 0.2) is 0 Å². The van der Waals surface area contributed by atoms with Crippen molar-refractivity contribution in [2.75, 3.05) is 5.75 Å². The summed E-state index contributed by atoms with van der Waals surface area (Å²) < 4.78 is 0. The number of thioether (sulfide) groups is 1. The lowest BCUT2D eigenvalue weighted by atomic mass is 10.2. The number of aryl methyl sites for hydroxylation is 1. The van der Waals surface area contributed by atoms with Crippen LogP contribution in [0.5, 0.6) is 0 Å². The molecule has 0 radical (unpaired) electrons. The number of pyridine rings is 1. The van der Waals surface area contributed by atoms with Crippen molar-refractivity contribution in [1.82, 2.24) is 4.98 Å². The van der Waals surface area contributed by atoms with Crippen molar-refractivity contribution in [2.24, 2.45) is 5.92 Å². The number of hydrogen-bond donors (Lipinski definition) is 0. The highest BCUT2D eigenvalue weighted by atomic mass is 32.2. The molecule has 2 aromatic rings. The van der Waals surface area contributed by atoms with Gasteiger partial charge in [-0.25, -0.2) is 0 Å². The van der Waals surface area contributed by atoms with Crippen molar-refractivity contribution in [2.45, 2.75) is 25.7 Å². The summed E-state index contributed by atoms with van der Waals surface area (Å²) in [6.07, 6.45) is 0. The minimum absolute atomic E-state index is 0.720. The molecule has 2 heteroatoms. The van der Waals surface area contributed by atoms with Gasteiger partial charge in [0.25, 0.3) is 0 Å². The second-order valence-electron chi connectivity index (χ2n) is 4.48. The number of aromatic nitrogens is 1. The van der Waals surface area contributed by atoms with E-state index < -0.39 is 0 Å². The fourth-order valence-electron chi connectivity index (χ4n) is 1.65. The number of para-hydroxylation sites is 1. The Balaban J connectivity index is 2.42. The quantitative estimate of drug-likeness (QED) is 0.731. The van der Waals surface area contributed by atoms with Crippen LogP contribution in [0.2, 0.25) is 0 Å². The van der Waals surface area contributed by atoms with E-state index in [0.717, 1.165) is 22.9 Å². The lowest BCUT2D eigenvalue weighted by Gasteiger charge is -2.08. The first-order chi connectivity index (χ1) is 7.66. The SMILES string of the molecule is Cc1cc(SCC(C)C)c2ccccc2n1. The number of nitrogens with zero attached hydrogens (tertiary/aromatic N) is 1. The highest BCUT2D eigenvalue weighted by Crippen LogP contribution is 2.28. The van der Waals surface area contributed by atoms with Crippen molar-refractivity contribution >= 4 is 22.7 Å². The monoisotopic (exact) mass is 231 g/mol. The van der Waals surface area contributed by atoms with Gasteiger partial charge in [0.2, 0.25) is 0 Å². The molecule has 0 bridgehead atoms. The van der Waals surface area contributed by atoms with Gasteiger partial charge in [-0.3, -0.25) is 4.98 Å². The van der Waals surface area contributed by atoms with Crippen LogP contribution in [0.1, 0.15) is 19.5 Å². The molecule has 0 fully saturated rings. The topological polar surface area (TPSA) is 12.9 Å². The lowest BCUT2D eigenvalue weighted by molar-refractivity contribution is 0.750. The Morgan fingerprint density at radius 2 is 2.00 bits per heavy atom. The minimum Gasteiger partial charge on any atom is -0.253 e. The third kappa shape index (κ3) is 2.56. The summed E-state index contributed by atoms with van der Waals surface area (Å²) in [6, 6.07) is 10.6. The Hall–Kier alpha value is -1.02. The van der Waals surface area contributed by atoms with Gasteiger partial charge in [0.1, 0.15) is 0 Å². The standard InChI is InChI=1S/C14H17NS/c1-10(2)9-16-14-8-11(3)15-13-7-5-4-6-12(13)14/h4-8,10H,9H2,1-3H3. The first-order valence-electron chi connectivity index (χ1n) is 5.66. The van der Waals surface area contributed by atoms with Crippen LogP contribution in [-0.4, -0.2) is 10.7 Å². The van der Waals surface area contributed by atoms with Crippen molar-refractivity contribution in [3.05, 3.63) is 36.0 Å². The maximum absolute atomic E-state index is 4.55. The van der Waals surface area contributed by atoms with Gasteiger partial charge >= 0.3 is 0 Å².